The number of nitrogens with one attached hydrogen (secondary N) is 1. The van der Waals surface area contributed by atoms with E-state index in [1.165, 1.54) is 12.1 Å². The topological polar surface area (TPSA) is 37.8 Å². The maximum Gasteiger partial charge on any atom is 0.162 e. The first-order valence-electron chi connectivity index (χ1n) is 6.44. The van der Waals surface area contributed by atoms with Crippen LogP contribution >= 0.6 is 34.2 Å². The van der Waals surface area contributed by atoms with Crippen LogP contribution < -0.4 is 5.32 Å². The summed E-state index contributed by atoms with van der Waals surface area (Å²) in [6.45, 7) is 6.25. The third-order valence-corrected chi connectivity index (χ3v) is 4.16. The standard InChI is InChI=1S/C15H16ClFIN3/c1-15(2,3)12-11(18)14(19-4)21-13(20-12)8-5-9(16)7-10(17)6-8/h5-7H,1-4H3,(H,19,20,21). The molecule has 0 bridgehead atoms. The molecule has 21 heavy (non-hydrogen) atoms. The zero-order chi connectivity index (χ0) is 15.8. The number of benzene rings is 1. The SMILES string of the molecule is CNc1nc(-c2cc(F)cc(Cl)c2)nc(C(C)(C)C)c1I. The lowest BCUT2D eigenvalue weighted by molar-refractivity contribution is 0.564. The molecule has 1 heterocycles. The van der Waals surface area contributed by atoms with Gasteiger partial charge in [-0.3, -0.25) is 0 Å². The maximum atomic E-state index is 13.6. The summed E-state index contributed by atoms with van der Waals surface area (Å²) in [5.41, 5.74) is 1.34. The second-order valence-corrected chi connectivity index (χ2v) is 7.23. The molecule has 1 aromatic heterocycles. The van der Waals surface area contributed by atoms with Crippen LogP contribution in [0.1, 0.15) is 26.5 Å². The highest BCUT2D eigenvalue weighted by atomic mass is 127. The third-order valence-electron chi connectivity index (χ3n) is 2.92. The van der Waals surface area contributed by atoms with Crippen LogP contribution in [0.2, 0.25) is 5.02 Å². The highest BCUT2D eigenvalue weighted by molar-refractivity contribution is 14.1. The molecule has 0 spiro atoms. The summed E-state index contributed by atoms with van der Waals surface area (Å²) >= 11 is 8.15. The van der Waals surface area contributed by atoms with Gasteiger partial charge < -0.3 is 5.32 Å². The molecule has 0 aliphatic heterocycles. The van der Waals surface area contributed by atoms with Crippen molar-refractivity contribution < 1.29 is 4.39 Å². The minimum atomic E-state index is -0.400. The smallest absolute Gasteiger partial charge is 0.162 e. The van der Waals surface area contributed by atoms with Gasteiger partial charge in [0, 0.05) is 23.0 Å². The van der Waals surface area contributed by atoms with Crippen LogP contribution in [0.5, 0.6) is 0 Å². The van der Waals surface area contributed by atoms with E-state index in [4.69, 9.17) is 11.6 Å². The Morgan fingerprint density at radius 1 is 1.19 bits per heavy atom. The Morgan fingerprint density at radius 2 is 1.86 bits per heavy atom. The van der Waals surface area contributed by atoms with Gasteiger partial charge in [0.2, 0.25) is 0 Å². The summed E-state index contributed by atoms with van der Waals surface area (Å²) in [7, 11) is 1.80. The molecule has 1 N–H and O–H groups in total. The average molecular weight is 420 g/mol. The van der Waals surface area contributed by atoms with Crippen molar-refractivity contribution in [3.8, 4) is 11.4 Å². The van der Waals surface area contributed by atoms with Crippen molar-refractivity contribution in [2.75, 3.05) is 12.4 Å². The summed E-state index contributed by atoms with van der Waals surface area (Å²) in [6, 6.07) is 4.32. The van der Waals surface area contributed by atoms with Gasteiger partial charge in [-0.1, -0.05) is 32.4 Å². The Bertz CT molecular complexity index is 663. The van der Waals surface area contributed by atoms with E-state index in [0.29, 0.717) is 16.4 Å². The summed E-state index contributed by atoms with van der Waals surface area (Å²) < 4.78 is 14.5. The van der Waals surface area contributed by atoms with Gasteiger partial charge in [-0.25, -0.2) is 14.4 Å². The van der Waals surface area contributed by atoms with E-state index < -0.39 is 5.82 Å². The number of nitrogens with zero attached hydrogens (tertiary/aromatic N) is 2. The van der Waals surface area contributed by atoms with E-state index >= 15 is 0 Å². The quantitative estimate of drug-likeness (QED) is 0.705. The van der Waals surface area contributed by atoms with Crippen LogP contribution in [-0.2, 0) is 5.41 Å². The van der Waals surface area contributed by atoms with Gasteiger partial charge in [-0.2, -0.15) is 0 Å². The fraction of sp³-hybridized carbons (Fsp3) is 0.333. The van der Waals surface area contributed by atoms with Gasteiger partial charge in [0.1, 0.15) is 11.6 Å². The minimum Gasteiger partial charge on any atom is -0.372 e. The Hall–Kier alpha value is -0.950. The molecule has 0 unspecified atom stereocenters. The molecule has 0 aliphatic carbocycles. The summed E-state index contributed by atoms with van der Waals surface area (Å²) in [5.74, 6) is 0.792. The summed E-state index contributed by atoms with van der Waals surface area (Å²) in [4.78, 5) is 9.08. The Balaban J connectivity index is 2.69. The number of hydrogen-bond donors (Lipinski definition) is 1. The first kappa shape index (κ1) is 16.4. The first-order valence-corrected chi connectivity index (χ1v) is 7.90. The van der Waals surface area contributed by atoms with Crippen molar-refractivity contribution in [2.24, 2.45) is 0 Å². The van der Waals surface area contributed by atoms with Gasteiger partial charge in [-0.05, 0) is 40.8 Å². The zero-order valence-electron chi connectivity index (χ0n) is 12.3. The number of anilines is 1. The second-order valence-electron chi connectivity index (χ2n) is 5.72. The van der Waals surface area contributed by atoms with Crippen LogP contribution in [0.25, 0.3) is 11.4 Å². The Morgan fingerprint density at radius 3 is 2.38 bits per heavy atom. The molecule has 112 valence electrons. The fourth-order valence-corrected chi connectivity index (χ4v) is 3.46. The molecule has 2 rings (SSSR count). The fourth-order valence-electron chi connectivity index (χ4n) is 1.92. The minimum absolute atomic E-state index is 0.142. The van der Waals surface area contributed by atoms with Crippen LogP contribution in [0.15, 0.2) is 18.2 Å². The summed E-state index contributed by atoms with van der Waals surface area (Å²) in [5, 5.41) is 3.39. The normalized spacial score (nSPS) is 11.6. The number of rotatable bonds is 2. The molecular weight excluding hydrogens is 404 g/mol. The highest BCUT2D eigenvalue weighted by Gasteiger charge is 2.23. The van der Waals surface area contributed by atoms with Crippen LogP contribution in [0.3, 0.4) is 0 Å². The van der Waals surface area contributed by atoms with Gasteiger partial charge in [0.15, 0.2) is 5.82 Å². The molecule has 0 amide bonds. The molecule has 6 heteroatoms. The first-order chi connectivity index (χ1) is 9.72. The number of hydrogen-bond acceptors (Lipinski definition) is 3. The summed E-state index contributed by atoms with van der Waals surface area (Å²) in [6.07, 6.45) is 0. The molecule has 3 nitrogen and oxygen atoms in total. The van der Waals surface area contributed by atoms with Crippen molar-refractivity contribution in [2.45, 2.75) is 26.2 Å². The highest BCUT2D eigenvalue weighted by Crippen LogP contribution is 2.32. The predicted octanol–water partition coefficient (Wildman–Crippen LogP) is 4.88. The average Bonchev–Trinajstić information content (AvgIpc) is 2.36. The molecule has 2 aromatic rings. The number of halogens is 3. The van der Waals surface area contributed by atoms with Gasteiger partial charge in [0.05, 0.1) is 9.26 Å². The number of aromatic nitrogens is 2. The van der Waals surface area contributed by atoms with Crippen molar-refractivity contribution >= 4 is 40.0 Å². The molecule has 0 saturated heterocycles. The van der Waals surface area contributed by atoms with Gasteiger partial charge in [-0.15, -0.1) is 0 Å². The Labute approximate surface area is 142 Å². The molecule has 0 fully saturated rings. The van der Waals surface area contributed by atoms with E-state index in [9.17, 15) is 4.39 Å². The van der Waals surface area contributed by atoms with Crippen molar-refractivity contribution in [1.82, 2.24) is 9.97 Å². The molecule has 0 aliphatic rings. The van der Waals surface area contributed by atoms with Crippen LogP contribution in [-0.4, -0.2) is 17.0 Å². The van der Waals surface area contributed by atoms with Crippen LogP contribution in [0.4, 0.5) is 10.2 Å². The molecule has 0 radical (unpaired) electrons. The predicted molar refractivity (Wildman–Crippen MR) is 93.4 cm³/mol. The zero-order valence-corrected chi connectivity index (χ0v) is 15.2. The molecule has 0 saturated carbocycles. The lowest BCUT2D eigenvalue weighted by Crippen LogP contribution is -2.18. The third kappa shape index (κ3) is 3.63. The van der Waals surface area contributed by atoms with E-state index in [2.05, 4.69) is 58.6 Å². The Kier molecular flexibility index (Phi) is 4.72. The van der Waals surface area contributed by atoms with Crippen molar-refractivity contribution in [3.63, 3.8) is 0 Å². The molecular formula is C15H16ClFIN3. The lowest BCUT2D eigenvalue weighted by Gasteiger charge is -2.21. The van der Waals surface area contributed by atoms with Gasteiger partial charge >= 0.3 is 0 Å². The molecule has 0 atom stereocenters. The van der Waals surface area contributed by atoms with Crippen molar-refractivity contribution in [1.29, 1.82) is 0 Å². The molecule has 1 aromatic carbocycles. The van der Waals surface area contributed by atoms with Crippen LogP contribution in [0, 0.1) is 9.39 Å². The second kappa shape index (κ2) is 6.04. The van der Waals surface area contributed by atoms with E-state index in [1.807, 2.05) is 0 Å². The van der Waals surface area contributed by atoms with E-state index in [0.717, 1.165) is 15.1 Å². The lowest BCUT2D eigenvalue weighted by atomic mass is 9.91. The monoisotopic (exact) mass is 419 g/mol. The maximum absolute atomic E-state index is 13.6. The van der Waals surface area contributed by atoms with Gasteiger partial charge in [0.25, 0.3) is 0 Å². The van der Waals surface area contributed by atoms with E-state index in [1.54, 1.807) is 13.1 Å². The van der Waals surface area contributed by atoms with Crippen molar-refractivity contribution in [3.05, 3.63) is 38.3 Å². The van der Waals surface area contributed by atoms with E-state index in [-0.39, 0.29) is 5.41 Å². The largest absolute Gasteiger partial charge is 0.372 e.